The van der Waals surface area contributed by atoms with E-state index < -0.39 is 23.1 Å². The summed E-state index contributed by atoms with van der Waals surface area (Å²) in [6, 6.07) is 16.8. The van der Waals surface area contributed by atoms with Crippen LogP contribution in [-0.4, -0.2) is 71.5 Å². The van der Waals surface area contributed by atoms with Gasteiger partial charge in [0, 0.05) is 17.6 Å². The molecule has 0 aliphatic carbocycles. The van der Waals surface area contributed by atoms with E-state index in [9.17, 15) is 14.4 Å². The molecule has 0 radical (unpaired) electrons. The van der Waals surface area contributed by atoms with Crippen molar-refractivity contribution in [2.75, 3.05) is 26.1 Å². The number of benzene rings is 3. The number of hydrogen-bond acceptors (Lipinski definition) is 11. The molecule has 4 rings (SSSR count). The fourth-order valence-corrected chi connectivity index (χ4v) is 5.70. The third-order valence-corrected chi connectivity index (χ3v) is 8.28. The number of unbranched alkanes of at least 4 members (excludes halogenated alkanes) is 1. The van der Waals surface area contributed by atoms with E-state index >= 15 is 0 Å². The lowest BCUT2D eigenvalue weighted by Crippen LogP contribution is -2.58. The van der Waals surface area contributed by atoms with Gasteiger partial charge in [-0.25, -0.2) is 0 Å². The number of methoxy groups -OCH3 is 1. The Labute approximate surface area is 286 Å². The summed E-state index contributed by atoms with van der Waals surface area (Å²) < 4.78 is 22.8. The smallest absolute Gasteiger partial charge is 0.254 e. The minimum atomic E-state index is -1.93. The zero-order valence-corrected chi connectivity index (χ0v) is 29.0. The topological polar surface area (TPSA) is 186 Å². The molecule has 12 heteroatoms. The van der Waals surface area contributed by atoms with Crippen LogP contribution in [0.15, 0.2) is 65.2 Å². The average Bonchev–Trinajstić information content (AvgIpc) is 3.51. The second kappa shape index (κ2) is 16.0. The quantitative estimate of drug-likeness (QED) is 0.0596. The van der Waals surface area contributed by atoms with Crippen LogP contribution in [0.25, 0.3) is 11.0 Å². The number of nitrogens with zero attached hydrogens (tertiary/aromatic N) is 2. The summed E-state index contributed by atoms with van der Waals surface area (Å²) in [5, 5.41) is 4.22. The number of ketones is 2. The Bertz CT molecular complexity index is 1760. The summed E-state index contributed by atoms with van der Waals surface area (Å²) in [5.41, 5.74) is 18.4. The van der Waals surface area contributed by atoms with Gasteiger partial charge in [0.1, 0.15) is 17.0 Å². The van der Waals surface area contributed by atoms with Crippen molar-refractivity contribution in [2.24, 2.45) is 11.5 Å². The molecule has 0 aliphatic heterocycles. The van der Waals surface area contributed by atoms with Crippen LogP contribution in [0.4, 0.5) is 5.69 Å². The summed E-state index contributed by atoms with van der Waals surface area (Å²) in [7, 11) is 1.54. The Hall–Kier alpha value is -4.94. The van der Waals surface area contributed by atoms with Crippen molar-refractivity contribution in [1.29, 1.82) is 0 Å². The number of Topliss-reactive ketones (excluding diaryl/α,β-unsaturated/α-hetero) is 2. The Kier molecular flexibility index (Phi) is 12.0. The SMILES string of the molecule is COc1cc(C(=O)N(C(C)C)C(C)C)ccc1OCCCCOc1ccc2c(C(=O)C(C)(N)C(=O)C(N)Cc3ccccc3)noc2c1N. The zero-order valence-electron chi connectivity index (χ0n) is 29.0. The molecule has 0 spiro atoms. The van der Waals surface area contributed by atoms with Crippen LogP contribution in [0.3, 0.4) is 0 Å². The van der Waals surface area contributed by atoms with Crippen LogP contribution < -0.4 is 31.4 Å². The van der Waals surface area contributed by atoms with Crippen molar-refractivity contribution in [3.8, 4) is 17.2 Å². The molecule has 1 heterocycles. The molecule has 0 bridgehead atoms. The zero-order chi connectivity index (χ0) is 35.9. The van der Waals surface area contributed by atoms with E-state index in [1.807, 2.05) is 62.9 Å². The summed E-state index contributed by atoms with van der Waals surface area (Å²) in [6.07, 6.45) is 1.54. The number of anilines is 1. The van der Waals surface area contributed by atoms with Crippen LogP contribution in [0.5, 0.6) is 17.2 Å². The number of ether oxygens (including phenoxy) is 3. The number of nitrogen functional groups attached to an aromatic ring is 1. The predicted octanol–water partition coefficient (Wildman–Crippen LogP) is 4.95. The fourth-order valence-electron chi connectivity index (χ4n) is 5.70. The van der Waals surface area contributed by atoms with Crippen molar-refractivity contribution in [2.45, 2.75) is 77.5 Å². The number of carbonyl (C=O) groups is 3. The molecular formula is C37H47N5O7. The molecule has 12 nitrogen and oxygen atoms in total. The van der Waals surface area contributed by atoms with Gasteiger partial charge in [0.25, 0.3) is 5.91 Å². The van der Waals surface area contributed by atoms with Gasteiger partial charge in [0.05, 0.1) is 31.8 Å². The summed E-state index contributed by atoms with van der Waals surface area (Å²) in [6.45, 7) is 10.0. The van der Waals surface area contributed by atoms with Crippen LogP contribution >= 0.6 is 0 Å². The minimum Gasteiger partial charge on any atom is -0.493 e. The monoisotopic (exact) mass is 673 g/mol. The molecule has 2 atom stereocenters. The van der Waals surface area contributed by atoms with Gasteiger partial charge in [0.15, 0.2) is 28.6 Å². The van der Waals surface area contributed by atoms with Gasteiger partial charge in [0.2, 0.25) is 5.78 Å². The Balaban J connectivity index is 1.32. The number of amides is 1. The van der Waals surface area contributed by atoms with Crippen molar-refractivity contribution in [1.82, 2.24) is 10.1 Å². The fraction of sp³-hybridized carbons (Fsp3) is 0.405. The van der Waals surface area contributed by atoms with E-state index in [-0.39, 0.29) is 41.4 Å². The second-order valence-corrected chi connectivity index (χ2v) is 12.7. The van der Waals surface area contributed by atoms with E-state index in [2.05, 4.69) is 5.16 Å². The van der Waals surface area contributed by atoms with Gasteiger partial charge in [-0.1, -0.05) is 35.5 Å². The van der Waals surface area contributed by atoms with Crippen LogP contribution in [0, 0.1) is 0 Å². The molecule has 4 aromatic rings. The molecule has 1 aromatic heterocycles. The van der Waals surface area contributed by atoms with Crippen LogP contribution in [0.2, 0.25) is 0 Å². The Morgan fingerprint density at radius 1 is 0.898 bits per heavy atom. The number of fused-ring (bicyclic) bond motifs is 1. The molecule has 2 unspecified atom stereocenters. The van der Waals surface area contributed by atoms with Crippen molar-refractivity contribution in [3.05, 3.63) is 77.5 Å². The second-order valence-electron chi connectivity index (χ2n) is 12.7. The van der Waals surface area contributed by atoms with E-state index in [1.165, 1.54) is 6.92 Å². The van der Waals surface area contributed by atoms with Crippen LogP contribution in [0.1, 0.15) is 73.9 Å². The average molecular weight is 674 g/mol. The molecular weight excluding hydrogens is 626 g/mol. The van der Waals surface area contributed by atoms with Crippen molar-refractivity contribution < 1.29 is 33.1 Å². The number of carbonyl (C=O) groups excluding carboxylic acids is 3. The highest BCUT2D eigenvalue weighted by Crippen LogP contribution is 2.34. The highest BCUT2D eigenvalue weighted by Gasteiger charge is 2.42. The Morgan fingerprint density at radius 3 is 2.12 bits per heavy atom. The molecule has 0 saturated heterocycles. The molecule has 0 aliphatic rings. The van der Waals surface area contributed by atoms with E-state index in [0.717, 1.165) is 5.56 Å². The van der Waals surface area contributed by atoms with E-state index in [1.54, 1.807) is 37.4 Å². The maximum atomic E-state index is 13.4. The van der Waals surface area contributed by atoms with Gasteiger partial charge in [-0.15, -0.1) is 0 Å². The van der Waals surface area contributed by atoms with Crippen molar-refractivity contribution in [3.63, 3.8) is 0 Å². The minimum absolute atomic E-state index is 0.0613. The molecule has 6 N–H and O–H groups in total. The molecule has 262 valence electrons. The van der Waals surface area contributed by atoms with Crippen molar-refractivity contribution >= 4 is 34.1 Å². The molecule has 3 aromatic carbocycles. The van der Waals surface area contributed by atoms with Crippen LogP contribution in [-0.2, 0) is 11.2 Å². The first-order valence-corrected chi connectivity index (χ1v) is 16.4. The predicted molar refractivity (Wildman–Crippen MR) is 188 cm³/mol. The summed E-state index contributed by atoms with van der Waals surface area (Å²) >= 11 is 0. The molecule has 0 saturated carbocycles. The number of rotatable bonds is 17. The lowest BCUT2D eigenvalue weighted by molar-refractivity contribution is -0.123. The number of nitrogens with two attached hydrogens (primary N) is 3. The normalized spacial score (nSPS) is 13.3. The molecule has 49 heavy (non-hydrogen) atoms. The third kappa shape index (κ3) is 8.38. The van der Waals surface area contributed by atoms with Gasteiger partial charge in [-0.3, -0.25) is 14.4 Å². The van der Waals surface area contributed by atoms with E-state index in [0.29, 0.717) is 54.3 Å². The number of aromatic nitrogens is 1. The third-order valence-electron chi connectivity index (χ3n) is 8.28. The van der Waals surface area contributed by atoms with Gasteiger partial charge >= 0.3 is 0 Å². The standard InChI is InChI=1S/C37H47N5O7/c1-22(2)42(23(3)4)36(45)25-14-16-28(30(21-25)46-6)47-18-10-11-19-48-29-17-15-26-32(41-49-33(26)31(29)39)35(44)37(5,40)34(43)27(38)20-24-12-8-7-9-13-24/h7-9,12-17,21-23,27H,10-11,18-20,38-40H2,1-6H3. The maximum Gasteiger partial charge on any atom is 0.254 e. The van der Waals surface area contributed by atoms with Gasteiger partial charge < -0.3 is 40.8 Å². The Morgan fingerprint density at radius 2 is 1.51 bits per heavy atom. The first-order chi connectivity index (χ1) is 23.3. The maximum absolute atomic E-state index is 13.4. The molecule has 1 amide bonds. The summed E-state index contributed by atoms with van der Waals surface area (Å²) in [4.78, 5) is 41.5. The number of hydrogen-bond donors (Lipinski definition) is 3. The summed E-state index contributed by atoms with van der Waals surface area (Å²) in [5.74, 6) is -0.0173. The molecule has 0 fully saturated rings. The highest BCUT2D eigenvalue weighted by molar-refractivity contribution is 6.22. The highest BCUT2D eigenvalue weighted by atomic mass is 16.5. The first kappa shape index (κ1) is 36.9. The van der Waals surface area contributed by atoms with Gasteiger partial charge in [-0.2, -0.15) is 0 Å². The van der Waals surface area contributed by atoms with Gasteiger partial charge in [-0.05, 0) is 89.8 Å². The largest absolute Gasteiger partial charge is 0.493 e. The lowest BCUT2D eigenvalue weighted by atomic mass is 9.84. The van der Waals surface area contributed by atoms with E-state index in [4.69, 9.17) is 35.9 Å². The lowest BCUT2D eigenvalue weighted by Gasteiger charge is -2.31. The first-order valence-electron chi connectivity index (χ1n) is 16.4.